The molecule has 2 amide bonds. The smallest absolute Gasteiger partial charge is 0.276 e. The number of halogens is 1. The van der Waals surface area contributed by atoms with E-state index in [4.69, 9.17) is 25.8 Å². The van der Waals surface area contributed by atoms with Gasteiger partial charge >= 0.3 is 0 Å². The first kappa shape index (κ1) is 23.9. The second kappa shape index (κ2) is 11.8. The van der Waals surface area contributed by atoms with Crippen LogP contribution in [0.3, 0.4) is 0 Å². The molecule has 3 aromatic carbocycles. The van der Waals surface area contributed by atoms with Gasteiger partial charge in [0.2, 0.25) is 0 Å². The molecule has 0 aliphatic heterocycles. The van der Waals surface area contributed by atoms with Crippen LogP contribution in [0.25, 0.3) is 0 Å². The van der Waals surface area contributed by atoms with Crippen molar-refractivity contribution >= 4 is 23.4 Å². The Labute approximate surface area is 197 Å². The van der Waals surface area contributed by atoms with Crippen LogP contribution >= 0.6 is 11.6 Å². The molecule has 0 radical (unpaired) electrons. The number of amides is 2. The zero-order valence-corrected chi connectivity index (χ0v) is 19.1. The van der Waals surface area contributed by atoms with Crippen LogP contribution in [0.5, 0.6) is 17.2 Å². The third-order valence-electron chi connectivity index (χ3n) is 4.58. The van der Waals surface area contributed by atoms with Gasteiger partial charge in [0.1, 0.15) is 30.5 Å². The topological polar surface area (TPSA) is 85.9 Å². The second-order valence-electron chi connectivity index (χ2n) is 7.20. The molecule has 0 heterocycles. The van der Waals surface area contributed by atoms with Crippen molar-refractivity contribution in [3.8, 4) is 17.2 Å². The minimum atomic E-state index is -0.494. The van der Waals surface area contributed by atoms with Crippen molar-refractivity contribution in [2.24, 2.45) is 0 Å². The maximum atomic E-state index is 12.2. The zero-order chi connectivity index (χ0) is 23.6. The minimum Gasteiger partial charge on any atom is -0.490 e. The van der Waals surface area contributed by atoms with Crippen LogP contribution in [0.15, 0.2) is 66.7 Å². The Bertz CT molecular complexity index is 1060. The Morgan fingerprint density at radius 1 is 0.758 bits per heavy atom. The van der Waals surface area contributed by atoms with Crippen molar-refractivity contribution in [3.05, 3.63) is 88.4 Å². The fourth-order valence-electron chi connectivity index (χ4n) is 2.91. The molecule has 8 heteroatoms. The summed E-state index contributed by atoms with van der Waals surface area (Å²) in [6.45, 7) is 4.23. The van der Waals surface area contributed by atoms with Crippen LogP contribution in [-0.2, 0) is 4.79 Å². The molecule has 0 aromatic heterocycles. The van der Waals surface area contributed by atoms with Crippen LogP contribution in [0.1, 0.15) is 21.5 Å². The summed E-state index contributed by atoms with van der Waals surface area (Å²) in [4.78, 5) is 24.2. The van der Waals surface area contributed by atoms with E-state index < -0.39 is 11.8 Å². The van der Waals surface area contributed by atoms with Crippen molar-refractivity contribution in [3.63, 3.8) is 0 Å². The van der Waals surface area contributed by atoms with Crippen molar-refractivity contribution in [1.29, 1.82) is 0 Å². The molecule has 3 aromatic rings. The van der Waals surface area contributed by atoms with Crippen LogP contribution in [-0.4, -0.2) is 31.6 Å². The molecule has 0 atom stereocenters. The molecule has 0 aliphatic carbocycles. The summed E-state index contributed by atoms with van der Waals surface area (Å²) >= 11 is 6.12. The van der Waals surface area contributed by atoms with Gasteiger partial charge in [-0.1, -0.05) is 29.8 Å². The van der Waals surface area contributed by atoms with Crippen molar-refractivity contribution in [2.75, 3.05) is 19.8 Å². The number of carbonyl (C=O) groups is 2. The minimum absolute atomic E-state index is 0.251. The summed E-state index contributed by atoms with van der Waals surface area (Å²) in [7, 11) is 0. The van der Waals surface area contributed by atoms with E-state index in [9.17, 15) is 9.59 Å². The number of hydrazine groups is 1. The third-order valence-corrected chi connectivity index (χ3v) is 5.17. The number of nitrogens with one attached hydrogen (secondary N) is 2. The molecule has 0 aliphatic rings. The van der Waals surface area contributed by atoms with E-state index in [1.165, 1.54) is 0 Å². The molecule has 0 bridgehead atoms. The number of hydrogen-bond donors (Lipinski definition) is 2. The van der Waals surface area contributed by atoms with Gasteiger partial charge in [-0.15, -0.1) is 0 Å². The van der Waals surface area contributed by atoms with Crippen LogP contribution in [0.2, 0.25) is 5.02 Å². The first-order valence-corrected chi connectivity index (χ1v) is 10.7. The van der Waals surface area contributed by atoms with E-state index in [2.05, 4.69) is 10.9 Å². The SMILES string of the molecule is Cc1cc(OCC(=O)NNC(=O)c2ccc(OCCOc3ccccc3)cc2)cc(C)c1Cl. The number of hydrogen-bond acceptors (Lipinski definition) is 5. The highest BCUT2D eigenvalue weighted by atomic mass is 35.5. The van der Waals surface area contributed by atoms with Crippen molar-refractivity contribution in [1.82, 2.24) is 10.9 Å². The summed E-state index contributed by atoms with van der Waals surface area (Å²) in [5.41, 5.74) is 6.77. The van der Waals surface area contributed by atoms with Gasteiger partial charge in [0.15, 0.2) is 6.61 Å². The highest BCUT2D eigenvalue weighted by Crippen LogP contribution is 2.25. The maximum absolute atomic E-state index is 12.2. The van der Waals surface area contributed by atoms with Gasteiger partial charge in [-0.2, -0.15) is 0 Å². The van der Waals surface area contributed by atoms with Crippen molar-refractivity contribution in [2.45, 2.75) is 13.8 Å². The maximum Gasteiger partial charge on any atom is 0.276 e. The molecular formula is C25H25ClN2O5. The lowest BCUT2D eigenvalue weighted by Gasteiger charge is -2.11. The molecular weight excluding hydrogens is 444 g/mol. The molecule has 0 fully saturated rings. The molecule has 0 saturated heterocycles. The zero-order valence-electron chi connectivity index (χ0n) is 18.4. The number of benzene rings is 3. The first-order valence-electron chi connectivity index (χ1n) is 10.3. The molecule has 172 valence electrons. The van der Waals surface area contributed by atoms with E-state index in [1.54, 1.807) is 36.4 Å². The van der Waals surface area contributed by atoms with E-state index in [0.717, 1.165) is 16.9 Å². The summed E-state index contributed by atoms with van der Waals surface area (Å²) < 4.78 is 16.6. The van der Waals surface area contributed by atoms with E-state index in [1.807, 2.05) is 44.2 Å². The lowest BCUT2D eigenvalue weighted by molar-refractivity contribution is -0.123. The van der Waals surface area contributed by atoms with E-state index in [0.29, 0.717) is 35.3 Å². The first-order chi connectivity index (χ1) is 15.9. The number of rotatable bonds is 9. The molecule has 3 rings (SSSR count). The molecule has 0 unspecified atom stereocenters. The quantitative estimate of drug-likeness (QED) is 0.362. The Morgan fingerprint density at radius 3 is 1.94 bits per heavy atom. The normalized spacial score (nSPS) is 10.3. The highest BCUT2D eigenvalue weighted by molar-refractivity contribution is 6.32. The van der Waals surface area contributed by atoms with Gasteiger partial charge in [-0.3, -0.25) is 20.4 Å². The fraction of sp³-hybridized carbons (Fsp3) is 0.200. The monoisotopic (exact) mass is 468 g/mol. The molecule has 0 spiro atoms. The fourth-order valence-corrected chi connectivity index (χ4v) is 3.02. The molecule has 33 heavy (non-hydrogen) atoms. The van der Waals surface area contributed by atoms with Gasteiger partial charge in [0, 0.05) is 10.6 Å². The predicted molar refractivity (Wildman–Crippen MR) is 126 cm³/mol. The van der Waals surface area contributed by atoms with Gasteiger partial charge in [-0.25, -0.2) is 0 Å². The lowest BCUT2D eigenvalue weighted by Crippen LogP contribution is -2.43. The molecule has 2 N–H and O–H groups in total. The van der Waals surface area contributed by atoms with Gasteiger partial charge < -0.3 is 14.2 Å². The van der Waals surface area contributed by atoms with Crippen LogP contribution < -0.4 is 25.1 Å². The number of aryl methyl sites for hydroxylation is 2. The Kier molecular flexibility index (Phi) is 8.55. The average molecular weight is 469 g/mol. The predicted octanol–water partition coefficient (Wildman–Crippen LogP) is 4.25. The van der Waals surface area contributed by atoms with Gasteiger partial charge in [0.25, 0.3) is 11.8 Å². The lowest BCUT2D eigenvalue weighted by atomic mass is 10.1. The summed E-state index contributed by atoms with van der Waals surface area (Å²) in [6.07, 6.45) is 0. The highest BCUT2D eigenvalue weighted by Gasteiger charge is 2.10. The van der Waals surface area contributed by atoms with Gasteiger partial charge in [0.05, 0.1) is 0 Å². The van der Waals surface area contributed by atoms with E-state index >= 15 is 0 Å². The summed E-state index contributed by atoms with van der Waals surface area (Å²) in [5.74, 6) is 0.960. The largest absolute Gasteiger partial charge is 0.490 e. The van der Waals surface area contributed by atoms with E-state index in [-0.39, 0.29) is 6.61 Å². The molecule has 0 saturated carbocycles. The summed E-state index contributed by atoms with van der Waals surface area (Å²) in [5, 5.41) is 0.663. The average Bonchev–Trinajstić information content (AvgIpc) is 2.83. The summed E-state index contributed by atoms with van der Waals surface area (Å²) in [6, 6.07) is 19.5. The third kappa shape index (κ3) is 7.43. The number of para-hydroxylation sites is 1. The Morgan fingerprint density at radius 2 is 1.33 bits per heavy atom. The molecule has 7 nitrogen and oxygen atoms in total. The van der Waals surface area contributed by atoms with Crippen LogP contribution in [0.4, 0.5) is 0 Å². The number of carbonyl (C=O) groups excluding carboxylic acids is 2. The Hall–Kier alpha value is -3.71. The van der Waals surface area contributed by atoms with Crippen LogP contribution in [0, 0.1) is 13.8 Å². The standard InChI is InChI=1S/C25H25ClN2O5/c1-17-14-22(15-18(2)24(17)26)33-16-23(29)27-28-25(30)19-8-10-21(11-9-19)32-13-12-31-20-6-4-3-5-7-20/h3-11,14-15H,12-13,16H2,1-2H3,(H,27,29)(H,28,30). The van der Waals surface area contributed by atoms with Crippen molar-refractivity contribution < 1.29 is 23.8 Å². The van der Waals surface area contributed by atoms with Gasteiger partial charge in [-0.05, 0) is 73.5 Å². The Balaban J connectivity index is 1.37. The second-order valence-corrected chi connectivity index (χ2v) is 7.57. The number of ether oxygens (including phenoxy) is 3.